The van der Waals surface area contributed by atoms with Gasteiger partial charge in [0.05, 0.1) is 29.5 Å². The quantitative estimate of drug-likeness (QED) is 0.176. The van der Waals surface area contributed by atoms with Crippen LogP contribution >= 0.6 is 34.8 Å². The molecule has 0 spiro atoms. The van der Waals surface area contributed by atoms with Crippen molar-refractivity contribution in [3.63, 3.8) is 0 Å². The van der Waals surface area contributed by atoms with Gasteiger partial charge in [-0.05, 0) is 73.9 Å². The van der Waals surface area contributed by atoms with E-state index in [0.717, 1.165) is 12.0 Å². The lowest BCUT2D eigenvalue weighted by molar-refractivity contribution is -0.118. The summed E-state index contributed by atoms with van der Waals surface area (Å²) < 4.78 is 16.8. The number of ether oxygens (including phenoxy) is 3. The van der Waals surface area contributed by atoms with E-state index in [1.165, 1.54) is 6.21 Å². The highest BCUT2D eigenvalue weighted by Crippen LogP contribution is 2.34. The summed E-state index contributed by atoms with van der Waals surface area (Å²) in [6.07, 6.45) is 2.23. The third-order valence-corrected chi connectivity index (χ3v) is 6.14. The van der Waals surface area contributed by atoms with Crippen LogP contribution in [0.1, 0.15) is 41.8 Å². The molecule has 0 saturated heterocycles. The monoisotopic (exact) mass is 591 g/mol. The number of benzene rings is 3. The molecule has 8 nitrogen and oxygen atoms in total. The van der Waals surface area contributed by atoms with Crippen molar-refractivity contribution in [2.75, 3.05) is 25.1 Å². The van der Waals surface area contributed by atoms with E-state index >= 15 is 0 Å². The van der Waals surface area contributed by atoms with Crippen LogP contribution in [-0.2, 0) is 4.79 Å². The molecular formula is C28H28Cl3N3O5. The summed E-state index contributed by atoms with van der Waals surface area (Å²) in [5, 5.41) is 7.56. The van der Waals surface area contributed by atoms with Gasteiger partial charge in [-0.15, -0.1) is 0 Å². The third kappa shape index (κ3) is 8.78. The average Bonchev–Trinajstić information content (AvgIpc) is 2.89. The molecular weight excluding hydrogens is 565 g/mol. The van der Waals surface area contributed by atoms with E-state index in [2.05, 4.69) is 15.8 Å². The molecule has 3 aromatic rings. The predicted molar refractivity (Wildman–Crippen MR) is 155 cm³/mol. The summed E-state index contributed by atoms with van der Waals surface area (Å²) in [4.78, 5) is 24.9. The van der Waals surface area contributed by atoms with Crippen molar-refractivity contribution in [3.8, 4) is 17.2 Å². The lowest BCUT2D eigenvalue weighted by Crippen LogP contribution is -2.20. The molecule has 0 fully saturated rings. The maximum Gasteiger partial charge on any atom is 0.271 e. The standard InChI is InChI=1S/C28H28Cl3N3O5/c1-4-10-38-24-9-7-19(13-25(24)37-5-2)28(36)34-32-15-18-11-22(30)27(23(31)12-18)39-16-26(35)33-20-8-6-17(3)21(29)14-20/h6-9,11-15H,4-5,10,16H2,1-3H3,(H,33,35)(H,34,36)/b32-15+. The van der Waals surface area contributed by atoms with Crippen LogP contribution < -0.4 is 25.0 Å². The van der Waals surface area contributed by atoms with Gasteiger partial charge in [0.1, 0.15) is 0 Å². The second-order valence-corrected chi connectivity index (χ2v) is 9.48. The van der Waals surface area contributed by atoms with Gasteiger partial charge in [-0.3, -0.25) is 9.59 Å². The van der Waals surface area contributed by atoms with Crippen LogP contribution in [-0.4, -0.2) is 37.8 Å². The number of hydrazone groups is 1. The molecule has 0 aliphatic carbocycles. The maximum atomic E-state index is 12.6. The Morgan fingerprint density at radius 2 is 1.64 bits per heavy atom. The molecule has 0 aliphatic heterocycles. The van der Waals surface area contributed by atoms with E-state index in [1.54, 1.807) is 48.5 Å². The number of nitrogens with zero attached hydrogens (tertiary/aromatic N) is 1. The molecule has 39 heavy (non-hydrogen) atoms. The van der Waals surface area contributed by atoms with Crippen LogP contribution in [0.25, 0.3) is 0 Å². The molecule has 3 rings (SSSR count). The Morgan fingerprint density at radius 1 is 0.897 bits per heavy atom. The summed E-state index contributed by atoms with van der Waals surface area (Å²) in [6, 6.07) is 13.2. The topological polar surface area (TPSA) is 98.3 Å². The molecule has 206 valence electrons. The molecule has 2 amide bonds. The van der Waals surface area contributed by atoms with Gasteiger partial charge in [0.2, 0.25) is 0 Å². The highest BCUT2D eigenvalue weighted by molar-refractivity contribution is 6.37. The Hall–Kier alpha value is -3.46. The fourth-order valence-electron chi connectivity index (χ4n) is 3.28. The van der Waals surface area contributed by atoms with Crippen molar-refractivity contribution < 1.29 is 23.8 Å². The van der Waals surface area contributed by atoms with E-state index in [-0.39, 0.29) is 22.4 Å². The lowest BCUT2D eigenvalue weighted by atomic mass is 10.2. The smallest absolute Gasteiger partial charge is 0.271 e. The van der Waals surface area contributed by atoms with Crippen molar-refractivity contribution in [2.24, 2.45) is 5.10 Å². The van der Waals surface area contributed by atoms with Crippen LogP contribution in [0.4, 0.5) is 5.69 Å². The van der Waals surface area contributed by atoms with Crippen LogP contribution in [0.5, 0.6) is 17.2 Å². The Balaban J connectivity index is 1.59. The number of anilines is 1. The Morgan fingerprint density at radius 3 is 2.31 bits per heavy atom. The lowest BCUT2D eigenvalue weighted by Gasteiger charge is -2.12. The summed E-state index contributed by atoms with van der Waals surface area (Å²) in [7, 11) is 0. The van der Waals surface area contributed by atoms with E-state index in [0.29, 0.717) is 46.5 Å². The first kappa shape index (κ1) is 30.1. The molecule has 0 unspecified atom stereocenters. The van der Waals surface area contributed by atoms with E-state index in [9.17, 15) is 9.59 Å². The van der Waals surface area contributed by atoms with Crippen LogP contribution in [0.15, 0.2) is 53.6 Å². The third-order valence-electron chi connectivity index (χ3n) is 5.17. The number of aryl methyl sites for hydroxylation is 1. The number of nitrogens with one attached hydrogen (secondary N) is 2. The van der Waals surface area contributed by atoms with Gasteiger partial charge < -0.3 is 19.5 Å². The highest BCUT2D eigenvalue weighted by Gasteiger charge is 2.14. The molecule has 0 heterocycles. The fourth-order valence-corrected chi connectivity index (χ4v) is 4.07. The largest absolute Gasteiger partial charge is 0.490 e. The molecule has 11 heteroatoms. The van der Waals surface area contributed by atoms with Crippen LogP contribution in [0, 0.1) is 6.92 Å². The number of rotatable bonds is 12. The second kappa shape index (κ2) is 14.6. The second-order valence-electron chi connectivity index (χ2n) is 8.26. The number of carbonyl (C=O) groups excluding carboxylic acids is 2. The summed E-state index contributed by atoms with van der Waals surface area (Å²) in [5.74, 6) is 0.348. The van der Waals surface area contributed by atoms with Crippen molar-refractivity contribution >= 4 is 58.5 Å². The van der Waals surface area contributed by atoms with Gasteiger partial charge in [0.25, 0.3) is 11.8 Å². The maximum absolute atomic E-state index is 12.6. The Bertz CT molecular complexity index is 1340. The zero-order chi connectivity index (χ0) is 28.4. The number of halogens is 3. The summed E-state index contributed by atoms with van der Waals surface area (Å²) >= 11 is 18.7. The minimum Gasteiger partial charge on any atom is -0.490 e. The molecule has 0 aromatic heterocycles. The number of hydrogen-bond donors (Lipinski definition) is 2. The Kier molecular flexibility index (Phi) is 11.3. The molecule has 3 aromatic carbocycles. The zero-order valence-electron chi connectivity index (χ0n) is 21.6. The van der Waals surface area contributed by atoms with Gasteiger partial charge in [-0.2, -0.15) is 5.10 Å². The SMILES string of the molecule is CCCOc1ccc(C(=O)N/N=C/c2cc(Cl)c(OCC(=O)Nc3ccc(C)c(Cl)c3)c(Cl)c2)cc1OCC. The van der Waals surface area contributed by atoms with E-state index in [1.807, 2.05) is 20.8 Å². The highest BCUT2D eigenvalue weighted by atomic mass is 35.5. The van der Waals surface area contributed by atoms with Gasteiger partial charge >= 0.3 is 0 Å². The first-order valence-electron chi connectivity index (χ1n) is 12.1. The predicted octanol–water partition coefficient (Wildman–Crippen LogP) is 6.92. The number of carbonyl (C=O) groups is 2. The van der Waals surface area contributed by atoms with Gasteiger partial charge in [-0.1, -0.05) is 47.8 Å². The molecule has 0 saturated carbocycles. The van der Waals surface area contributed by atoms with E-state index in [4.69, 9.17) is 49.0 Å². The normalized spacial score (nSPS) is 10.8. The van der Waals surface area contributed by atoms with Crippen LogP contribution in [0.3, 0.4) is 0 Å². The zero-order valence-corrected chi connectivity index (χ0v) is 23.9. The Labute approximate surface area is 242 Å². The van der Waals surface area contributed by atoms with Gasteiger partial charge in [-0.25, -0.2) is 5.43 Å². The van der Waals surface area contributed by atoms with Crippen molar-refractivity contribution in [1.29, 1.82) is 0 Å². The minimum absolute atomic E-state index is 0.144. The first-order chi connectivity index (χ1) is 18.7. The van der Waals surface area contributed by atoms with Gasteiger partial charge in [0.15, 0.2) is 23.9 Å². The molecule has 0 atom stereocenters. The van der Waals surface area contributed by atoms with Crippen molar-refractivity contribution in [1.82, 2.24) is 5.43 Å². The molecule has 0 radical (unpaired) electrons. The van der Waals surface area contributed by atoms with Gasteiger partial charge in [0, 0.05) is 16.3 Å². The molecule has 2 N–H and O–H groups in total. The van der Waals surface area contributed by atoms with Crippen molar-refractivity contribution in [3.05, 3.63) is 80.3 Å². The summed E-state index contributed by atoms with van der Waals surface area (Å²) in [5.41, 5.74) is 4.76. The summed E-state index contributed by atoms with van der Waals surface area (Å²) in [6.45, 7) is 6.37. The first-order valence-corrected chi connectivity index (χ1v) is 13.3. The molecule has 0 bridgehead atoms. The fraction of sp³-hybridized carbons (Fsp3) is 0.250. The molecule has 0 aliphatic rings. The van der Waals surface area contributed by atoms with E-state index < -0.39 is 11.8 Å². The average molecular weight is 593 g/mol. The minimum atomic E-state index is -0.438. The van der Waals surface area contributed by atoms with Crippen LogP contribution in [0.2, 0.25) is 15.1 Å². The number of hydrogen-bond acceptors (Lipinski definition) is 6. The number of amides is 2. The van der Waals surface area contributed by atoms with Crippen molar-refractivity contribution in [2.45, 2.75) is 27.2 Å².